The van der Waals surface area contributed by atoms with E-state index in [0.29, 0.717) is 5.92 Å². The van der Waals surface area contributed by atoms with Crippen molar-refractivity contribution in [3.05, 3.63) is 29.6 Å². The highest BCUT2D eigenvalue weighted by Gasteiger charge is 2.00. The quantitative estimate of drug-likeness (QED) is 0.581. The van der Waals surface area contributed by atoms with Crippen molar-refractivity contribution in [1.82, 2.24) is 0 Å². The Kier molecular flexibility index (Phi) is 2.91. The van der Waals surface area contributed by atoms with E-state index in [1.165, 1.54) is 6.07 Å². The van der Waals surface area contributed by atoms with Gasteiger partial charge in [0.15, 0.2) is 0 Å². The molecule has 1 aromatic rings. The zero-order valence-electron chi connectivity index (χ0n) is 7.47. The first-order chi connectivity index (χ1) is 5.59. The maximum Gasteiger partial charge on any atom is 0.117 e. The van der Waals surface area contributed by atoms with Crippen LogP contribution in [0.1, 0.15) is 19.4 Å². The molecule has 0 aliphatic rings. The van der Waals surface area contributed by atoms with E-state index in [4.69, 9.17) is 7.85 Å². The molecule has 0 atom stereocenters. The zero-order chi connectivity index (χ0) is 9.14. The minimum Gasteiger partial charge on any atom is -0.208 e. The second-order valence-electron chi connectivity index (χ2n) is 3.45. The van der Waals surface area contributed by atoms with Crippen LogP contribution in [0, 0.1) is 11.7 Å². The number of hydrogen-bond acceptors (Lipinski definition) is 0. The third-order valence-corrected chi connectivity index (χ3v) is 1.70. The first-order valence-electron chi connectivity index (χ1n) is 4.13. The highest BCUT2D eigenvalue weighted by atomic mass is 19.1. The highest BCUT2D eigenvalue weighted by Crippen LogP contribution is 2.06. The Labute approximate surface area is 74.2 Å². The Morgan fingerprint density at radius 2 is 2.08 bits per heavy atom. The van der Waals surface area contributed by atoms with Crippen molar-refractivity contribution in [2.45, 2.75) is 20.3 Å². The predicted molar refractivity (Wildman–Crippen MR) is 50.3 cm³/mol. The molecular formula is C10H12BF. The summed E-state index contributed by atoms with van der Waals surface area (Å²) >= 11 is 0. The summed E-state index contributed by atoms with van der Waals surface area (Å²) in [4.78, 5) is 0. The number of benzene rings is 1. The summed E-state index contributed by atoms with van der Waals surface area (Å²) in [6.45, 7) is 4.25. The fourth-order valence-electron chi connectivity index (χ4n) is 1.19. The van der Waals surface area contributed by atoms with E-state index in [-0.39, 0.29) is 11.3 Å². The van der Waals surface area contributed by atoms with Crippen LogP contribution in [0.3, 0.4) is 0 Å². The molecule has 0 amide bonds. The average Bonchev–Trinajstić information content (AvgIpc) is 1.96. The van der Waals surface area contributed by atoms with Gasteiger partial charge in [-0.15, -0.1) is 0 Å². The smallest absolute Gasteiger partial charge is 0.117 e. The number of hydrogen-bond donors (Lipinski definition) is 0. The lowest BCUT2D eigenvalue weighted by Crippen LogP contribution is -2.09. The lowest BCUT2D eigenvalue weighted by atomic mass is 9.91. The van der Waals surface area contributed by atoms with Crippen LogP contribution in [-0.4, -0.2) is 7.85 Å². The van der Waals surface area contributed by atoms with Crippen molar-refractivity contribution in [2.24, 2.45) is 5.92 Å². The molecule has 1 rings (SSSR count). The van der Waals surface area contributed by atoms with Crippen LogP contribution >= 0.6 is 0 Å². The van der Waals surface area contributed by atoms with Gasteiger partial charge in [-0.05, 0) is 24.0 Å². The van der Waals surface area contributed by atoms with Crippen LogP contribution in [0.25, 0.3) is 0 Å². The summed E-state index contributed by atoms with van der Waals surface area (Å²) in [6, 6.07) is 4.91. The Morgan fingerprint density at radius 1 is 1.42 bits per heavy atom. The van der Waals surface area contributed by atoms with Gasteiger partial charge in [-0.2, -0.15) is 0 Å². The van der Waals surface area contributed by atoms with Crippen LogP contribution in [0.4, 0.5) is 4.39 Å². The molecule has 0 heterocycles. The lowest BCUT2D eigenvalue weighted by molar-refractivity contribution is 0.628. The van der Waals surface area contributed by atoms with E-state index in [1.807, 2.05) is 0 Å². The summed E-state index contributed by atoms with van der Waals surface area (Å²) < 4.78 is 12.7. The van der Waals surface area contributed by atoms with Gasteiger partial charge in [0.05, 0.1) is 0 Å². The summed E-state index contributed by atoms with van der Waals surface area (Å²) in [7, 11) is 5.42. The minimum absolute atomic E-state index is 0.244. The third kappa shape index (κ3) is 2.37. The SMILES string of the molecule is [B]c1cc(CC(C)C)ccc1F. The minimum atomic E-state index is -0.331. The van der Waals surface area contributed by atoms with Crippen LogP contribution in [0.15, 0.2) is 18.2 Å². The van der Waals surface area contributed by atoms with Gasteiger partial charge in [-0.1, -0.05) is 31.4 Å². The molecule has 12 heavy (non-hydrogen) atoms. The van der Waals surface area contributed by atoms with Crippen molar-refractivity contribution in [1.29, 1.82) is 0 Å². The molecule has 2 radical (unpaired) electrons. The van der Waals surface area contributed by atoms with Gasteiger partial charge >= 0.3 is 0 Å². The fourth-order valence-corrected chi connectivity index (χ4v) is 1.19. The molecule has 1 aromatic carbocycles. The van der Waals surface area contributed by atoms with Gasteiger partial charge < -0.3 is 0 Å². The molecule has 0 bridgehead atoms. The van der Waals surface area contributed by atoms with Gasteiger partial charge in [-0.3, -0.25) is 0 Å². The maximum atomic E-state index is 12.7. The predicted octanol–water partition coefficient (Wildman–Crippen LogP) is 1.82. The van der Waals surface area contributed by atoms with E-state index in [2.05, 4.69) is 13.8 Å². The van der Waals surface area contributed by atoms with E-state index >= 15 is 0 Å². The van der Waals surface area contributed by atoms with Crippen molar-refractivity contribution in [3.8, 4) is 0 Å². The molecule has 0 spiro atoms. The Morgan fingerprint density at radius 3 is 2.58 bits per heavy atom. The molecule has 0 nitrogen and oxygen atoms in total. The largest absolute Gasteiger partial charge is 0.208 e. The average molecular weight is 162 g/mol. The van der Waals surface area contributed by atoms with E-state index in [0.717, 1.165) is 12.0 Å². The van der Waals surface area contributed by atoms with Crippen molar-refractivity contribution >= 4 is 13.3 Å². The molecule has 0 saturated carbocycles. The van der Waals surface area contributed by atoms with Gasteiger partial charge in [-0.25, -0.2) is 4.39 Å². The Bertz CT molecular complexity index is 269. The molecule has 0 aliphatic heterocycles. The zero-order valence-corrected chi connectivity index (χ0v) is 7.47. The molecule has 0 saturated heterocycles. The first kappa shape index (κ1) is 9.30. The van der Waals surface area contributed by atoms with Crippen LogP contribution in [-0.2, 0) is 6.42 Å². The van der Waals surface area contributed by atoms with Crippen molar-refractivity contribution < 1.29 is 4.39 Å². The molecule has 62 valence electrons. The monoisotopic (exact) mass is 162 g/mol. The maximum absolute atomic E-state index is 12.7. The van der Waals surface area contributed by atoms with E-state index in [1.54, 1.807) is 12.1 Å². The van der Waals surface area contributed by atoms with E-state index in [9.17, 15) is 4.39 Å². The molecule has 2 heteroatoms. The topological polar surface area (TPSA) is 0 Å². The Balaban J connectivity index is 2.82. The fraction of sp³-hybridized carbons (Fsp3) is 0.400. The van der Waals surface area contributed by atoms with Gasteiger partial charge in [0.25, 0.3) is 0 Å². The van der Waals surface area contributed by atoms with Gasteiger partial charge in [0.2, 0.25) is 0 Å². The van der Waals surface area contributed by atoms with Gasteiger partial charge in [0.1, 0.15) is 13.7 Å². The van der Waals surface area contributed by atoms with Gasteiger partial charge in [0, 0.05) is 0 Å². The number of rotatable bonds is 2. The van der Waals surface area contributed by atoms with E-state index < -0.39 is 0 Å². The van der Waals surface area contributed by atoms with Crippen LogP contribution in [0.5, 0.6) is 0 Å². The summed E-state index contributed by atoms with van der Waals surface area (Å²) in [5.74, 6) is 0.248. The van der Waals surface area contributed by atoms with Crippen molar-refractivity contribution in [2.75, 3.05) is 0 Å². The normalized spacial score (nSPS) is 10.7. The molecule has 0 N–H and O–H groups in total. The highest BCUT2D eigenvalue weighted by molar-refractivity contribution is 6.32. The summed E-state index contributed by atoms with van der Waals surface area (Å²) in [6.07, 6.45) is 0.949. The first-order valence-corrected chi connectivity index (χ1v) is 4.13. The van der Waals surface area contributed by atoms with Crippen molar-refractivity contribution in [3.63, 3.8) is 0 Å². The van der Waals surface area contributed by atoms with Crippen LogP contribution < -0.4 is 5.46 Å². The molecule has 0 unspecified atom stereocenters. The molecular weight excluding hydrogens is 150 g/mol. The standard InChI is InChI=1S/C10H12BF/c1-7(2)5-8-3-4-10(12)9(11)6-8/h3-4,6-7H,5H2,1-2H3. The number of halogens is 1. The molecule has 0 fully saturated rings. The summed E-state index contributed by atoms with van der Waals surface area (Å²) in [5.41, 5.74) is 1.34. The molecule has 0 aliphatic carbocycles. The summed E-state index contributed by atoms with van der Waals surface area (Å²) in [5, 5.41) is 0. The second-order valence-corrected chi connectivity index (χ2v) is 3.45. The molecule has 0 aromatic heterocycles. The van der Waals surface area contributed by atoms with Crippen LogP contribution in [0.2, 0.25) is 0 Å². The lowest BCUT2D eigenvalue weighted by Gasteiger charge is -2.05. The second kappa shape index (κ2) is 3.75. The third-order valence-electron chi connectivity index (χ3n) is 1.70. The Hall–Kier alpha value is -0.785.